The van der Waals surface area contributed by atoms with E-state index in [0.717, 1.165) is 13.0 Å². The Kier molecular flexibility index (Phi) is 6.16. The van der Waals surface area contributed by atoms with Gasteiger partial charge in [0, 0.05) is 12.6 Å². The van der Waals surface area contributed by atoms with Gasteiger partial charge in [0.2, 0.25) is 0 Å². The van der Waals surface area contributed by atoms with Gasteiger partial charge in [-0.25, -0.2) is 0 Å². The number of halogens is 1. The maximum atomic E-state index is 10.6. The number of likely N-dealkylation sites (tertiary alicyclic amines) is 1. The summed E-state index contributed by atoms with van der Waals surface area (Å²) in [5.41, 5.74) is 1.35. The number of nitrogens with zero attached hydrogens (tertiary/aromatic N) is 1. The fourth-order valence-electron chi connectivity index (χ4n) is 2.55. The highest BCUT2D eigenvalue weighted by Gasteiger charge is 2.24. The molecule has 1 fully saturated rings. The molecule has 1 aliphatic rings. The van der Waals surface area contributed by atoms with E-state index in [1.165, 1.54) is 18.4 Å². The first-order chi connectivity index (χ1) is 8.25. The molecule has 1 unspecified atom stereocenters. The SMILES string of the molecule is Cl.O=C(O)CCN1CCCC1Cc1ccccc1. The number of carbonyl (C=O) groups is 1. The Balaban J connectivity index is 0.00000162. The van der Waals surface area contributed by atoms with Gasteiger partial charge in [0.1, 0.15) is 0 Å². The van der Waals surface area contributed by atoms with Crippen LogP contribution in [0.1, 0.15) is 24.8 Å². The Hall–Kier alpha value is -1.06. The molecule has 0 bridgehead atoms. The van der Waals surface area contributed by atoms with Crippen molar-refractivity contribution in [1.82, 2.24) is 4.90 Å². The second-order valence-electron chi connectivity index (χ2n) is 4.67. The molecule has 1 aromatic rings. The summed E-state index contributed by atoms with van der Waals surface area (Å²) < 4.78 is 0. The highest BCUT2D eigenvalue weighted by molar-refractivity contribution is 5.85. The van der Waals surface area contributed by atoms with E-state index < -0.39 is 5.97 Å². The number of carboxylic acid groups (broad SMARTS) is 1. The van der Waals surface area contributed by atoms with Gasteiger partial charge in [0.15, 0.2) is 0 Å². The molecule has 0 amide bonds. The van der Waals surface area contributed by atoms with Crippen molar-refractivity contribution < 1.29 is 9.90 Å². The lowest BCUT2D eigenvalue weighted by molar-refractivity contribution is -0.137. The quantitative estimate of drug-likeness (QED) is 0.893. The monoisotopic (exact) mass is 269 g/mol. The third-order valence-corrected chi connectivity index (χ3v) is 3.43. The molecule has 1 aromatic carbocycles. The molecule has 100 valence electrons. The van der Waals surface area contributed by atoms with Crippen molar-refractivity contribution in [3.05, 3.63) is 35.9 Å². The normalized spacial score (nSPS) is 19.4. The number of hydrogen-bond donors (Lipinski definition) is 1. The van der Waals surface area contributed by atoms with Gasteiger partial charge in [0.25, 0.3) is 0 Å². The zero-order chi connectivity index (χ0) is 12.1. The van der Waals surface area contributed by atoms with Crippen LogP contribution >= 0.6 is 12.4 Å². The second-order valence-corrected chi connectivity index (χ2v) is 4.67. The van der Waals surface area contributed by atoms with Gasteiger partial charge in [-0.15, -0.1) is 12.4 Å². The minimum atomic E-state index is -0.699. The number of hydrogen-bond acceptors (Lipinski definition) is 2. The molecule has 0 spiro atoms. The van der Waals surface area contributed by atoms with E-state index in [1.807, 2.05) is 6.07 Å². The average Bonchev–Trinajstić information content (AvgIpc) is 2.75. The van der Waals surface area contributed by atoms with Crippen molar-refractivity contribution in [3.63, 3.8) is 0 Å². The molecule has 18 heavy (non-hydrogen) atoms. The predicted octanol–water partition coefficient (Wildman–Crippen LogP) is 2.59. The van der Waals surface area contributed by atoms with Gasteiger partial charge in [-0.3, -0.25) is 9.69 Å². The minimum Gasteiger partial charge on any atom is -0.481 e. The molecule has 4 heteroatoms. The Labute approximate surface area is 114 Å². The lowest BCUT2D eigenvalue weighted by atomic mass is 10.0. The zero-order valence-electron chi connectivity index (χ0n) is 10.4. The van der Waals surface area contributed by atoms with Crippen LogP contribution in [0.2, 0.25) is 0 Å². The zero-order valence-corrected chi connectivity index (χ0v) is 11.2. The first-order valence-electron chi connectivity index (χ1n) is 6.25. The Bertz CT molecular complexity index is 369. The van der Waals surface area contributed by atoms with Gasteiger partial charge < -0.3 is 5.11 Å². The molecule has 1 saturated heterocycles. The summed E-state index contributed by atoms with van der Waals surface area (Å²) in [6.45, 7) is 1.73. The molecule has 2 rings (SSSR count). The Morgan fingerprint density at radius 1 is 1.33 bits per heavy atom. The molecular weight excluding hydrogens is 250 g/mol. The van der Waals surface area contributed by atoms with Gasteiger partial charge >= 0.3 is 5.97 Å². The van der Waals surface area contributed by atoms with Gasteiger partial charge in [-0.05, 0) is 31.4 Å². The molecule has 1 heterocycles. The van der Waals surface area contributed by atoms with E-state index in [0.29, 0.717) is 12.6 Å². The van der Waals surface area contributed by atoms with E-state index >= 15 is 0 Å². The lowest BCUT2D eigenvalue weighted by Gasteiger charge is -2.23. The van der Waals surface area contributed by atoms with Crippen LogP contribution in [0.4, 0.5) is 0 Å². The van der Waals surface area contributed by atoms with Crippen LogP contribution in [0, 0.1) is 0 Å². The average molecular weight is 270 g/mol. The summed E-state index contributed by atoms with van der Waals surface area (Å²) in [5.74, 6) is -0.699. The fraction of sp³-hybridized carbons (Fsp3) is 0.500. The predicted molar refractivity (Wildman–Crippen MR) is 74.2 cm³/mol. The van der Waals surface area contributed by atoms with Gasteiger partial charge in [-0.1, -0.05) is 30.3 Å². The summed E-state index contributed by atoms with van der Waals surface area (Å²) in [4.78, 5) is 12.9. The van der Waals surface area contributed by atoms with Crippen molar-refractivity contribution in [3.8, 4) is 0 Å². The molecule has 0 saturated carbocycles. The van der Waals surface area contributed by atoms with E-state index in [-0.39, 0.29) is 18.8 Å². The van der Waals surface area contributed by atoms with Crippen molar-refractivity contribution >= 4 is 18.4 Å². The highest BCUT2D eigenvalue weighted by atomic mass is 35.5. The standard InChI is InChI=1S/C14H19NO2.ClH/c16-14(17)8-10-15-9-4-7-13(15)11-12-5-2-1-3-6-12;/h1-3,5-6,13H,4,7-11H2,(H,16,17);1H. The molecule has 1 atom stereocenters. The van der Waals surface area contributed by atoms with Crippen LogP contribution in [-0.2, 0) is 11.2 Å². The topological polar surface area (TPSA) is 40.5 Å². The van der Waals surface area contributed by atoms with Crippen molar-refractivity contribution in [2.45, 2.75) is 31.7 Å². The van der Waals surface area contributed by atoms with E-state index in [2.05, 4.69) is 29.2 Å². The molecule has 1 aliphatic heterocycles. The molecule has 0 radical (unpaired) electrons. The van der Waals surface area contributed by atoms with E-state index in [9.17, 15) is 4.79 Å². The summed E-state index contributed by atoms with van der Waals surface area (Å²) in [6.07, 6.45) is 3.68. The van der Waals surface area contributed by atoms with Crippen LogP contribution in [-0.4, -0.2) is 35.1 Å². The van der Waals surface area contributed by atoms with Crippen molar-refractivity contribution in [2.24, 2.45) is 0 Å². The maximum Gasteiger partial charge on any atom is 0.304 e. The Morgan fingerprint density at radius 3 is 2.72 bits per heavy atom. The molecule has 0 aliphatic carbocycles. The van der Waals surface area contributed by atoms with Gasteiger partial charge in [0.05, 0.1) is 6.42 Å². The Morgan fingerprint density at radius 2 is 2.06 bits per heavy atom. The van der Waals surface area contributed by atoms with Crippen LogP contribution in [0.15, 0.2) is 30.3 Å². The summed E-state index contributed by atoms with van der Waals surface area (Å²) in [5, 5.41) is 8.72. The van der Waals surface area contributed by atoms with Gasteiger partial charge in [-0.2, -0.15) is 0 Å². The van der Waals surface area contributed by atoms with Crippen LogP contribution in [0.25, 0.3) is 0 Å². The number of carboxylic acids is 1. The highest BCUT2D eigenvalue weighted by Crippen LogP contribution is 2.21. The summed E-state index contributed by atoms with van der Waals surface area (Å²) in [6, 6.07) is 11.0. The summed E-state index contributed by atoms with van der Waals surface area (Å²) >= 11 is 0. The van der Waals surface area contributed by atoms with Crippen LogP contribution in [0.5, 0.6) is 0 Å². The number of rotatable bonds is 5. The molecular formula is C14H20ClNO2. The fourth-order valence-corrected chi connectivity index (χ4v) is 2.55. The van der Waals surface area contributed by atoms with E-state index in [4.69, 9.17) is 5.11 Å². The largest absolute Gasteiger partial charge is 0.481 e. The maximum absolute atomic E-state index is 10.6. The molecule has 0 aromatic heterocycles. The van der Waals surface area contributed by atoms with Crippen LogP contribution in [0.3, 0.4) is 0 Å². The lowest BCUT2D eigenvalue weighted by Crippen LogP contribution is -2.33. The summed E-state index contributed by atoms with van der Waals surface area (Å²) in [7, 11) is 0. The van der Waals surface area contributed by atoms with Crippen molar-refractivity contribution in [2.75, 3.05) is 13.1 Å². The second kappa shape index (κ2) is 7.39. The molecule has 3 nitrogen and oxygen atoms in total. The first-order valence-corrected chi connectivity index (χ1v) is 6.25. The van der Waals surface area contributed by atoms with Crippen LogP contribution < -0.4 is 0 Å². The van der Waals surface area contributed by atoms with Crippen molar-refractivity contribution in [1.29, 1.82) is 0 Å². The number of benzene rings is 1. The third kappa shape index (κ3) is 4.31. The smallest absolute Gasteiger partial charge is 0.304 e. The molecule has 1 N–H and O–H groups in total. The minimum absolute atomic E-state index is 0. The number of aliphatic carboxylic acids is 1. The van der Waals surface area contributed by atoms with E-state index in [1.54, 1.807) is 0 Å². The first kappa shape index (κ1) is 15.0. The third-order valence-electron chi connectivity index (χ3n) is 3.43.